The van der Waals surface area contributed by atoms with Crippen LogP contribution in [0.25, 0.3) is 0 Å². The highest BCUT2D eigenvalue weighted by molar-refractivity contribution is 7.80. The SMILES string of the molecule is CCCOS(=O)(=O)O.COC. The van der Waals surface area contributed by atoms with Crippen LogP contribution in [0.4, 0.5) is 0 Å². The maximum atomic E-state index is 9.72. The van der Waals surface area contributed by atoms with Crippen molar-refractivity contribution < 1.29 is 21.9 Å². The van der Waals surface area contributed by atoms with E-state index in [9.17, 15) is 8.42 Å². The first-order chi connectivity index (χ1) is 4.97. The van der Waals surface area contributed by atoms with Gasteiger partial charge in [-0.2, -0.15) is 8.42 Å². The van der Waals surface area contributed by atoms with Crippen molar-refractivity contribution in [1.82, 2.24) is 0 Å². The average Bonchev–Trinajstić information content (AvgIpc) is 1.84. The molecule has 0 aliphatic heterocycles. The van der Waals surface area contributed by atoms with Crippen LogP contribution in [0.15, 0.2) is 0 Å². The molecule has 0 heterocycles. The zero-order valence-electron chi connectivity index (χ0n) is 6.90. The second-order valence-electron chi connectivity index (χ2n) is 1.66. The minimum absolute atomic E-state index is 0.0405. The molecule has 0 aliphatic carbocycles. The van der Waals surface area contributed by atoms with Gasteiger partial charge < -0.3 is 4.74 Å². The standard InChI is InChI=1S/C3H8O4S.C2H6O/c1-2-3-7-8(4,5)6;1-3-2/h2-3H2,1H3,(H,4,5,6);1-2H3. The molecule has 0 aromatic carbocycles. The Balaban J connectivity index is 0. The monoisotopic (exact) mass is 186 g/mol. The summed E-state index contributed by atoms with van der Waals surface area (Å²) in [5.41, 5.74) is 0. The molecule has 0 saturated carbocycles. The minimum Gasteiger partial charge on any atom is -0.388 e. The first-order valence-corrected chi connectivity index (χ1v) is 4.36. The Labute approximate surface area is 67.3 Å². The van der Waals surface area contributed by atoms with Crippen LogP contribution in [0, 0.1) is 0 Å². The van der Waals surface area contributed by atoms with Crippen molar-refractivity contribution in [1.29, 1.82) is 0 Å². The van der Waals surface area contributed by atoms with Gasteiger partial charge in [0.15, 0.2) is 0 Å². The van der Waals surface area contributed by atoms with Gasteiger partial charge in [0.2, 0.25) is 0 Å². The number of ether oxygens (including phenoxy) is 1. The van der Waals surface area contributed by atoms with E-state index in [2.05, 4.69) is 8.92 Å². The molecule has 0 saturated heterocycles. The van der Waals surface area contributed by atoms with E-state index in [1.807, 2.05) is 0 Å². The number of hydrogen-bond donors (Lipinski definition) is 1. The van der Waals surface area contributed by atoms with E-state index in [1.165, 1.54) is 0 Å². The molecule has 0 spiro atoms. The van der Waals surface area contributed by atoms with Crippen LogP contribution in [0.3, 0.4) is 0 Å². The first-order valence-electron chi connectivity index (χ1n) is 2.99. The molecule has 11 heavy (non-hydrogen) atoms. The number of rotatable bonds is 3. The topological polar surface area (TPSA) is 72.8 Å². The molecule has 0 fully saturated rings. The van der Waals surface area contributed by atoms with E-state index in [4.69, 9.17) is 4.55 Å². The summed E-state index contributed by atoms with van der Waals surface area (Å²) in [5, 5.41) is 0. The average molecular weight is 186 g/mol. The quantitative estimate of drug-likeness (QED) is 0.649. The number of methoxy groups -OCH3 is 1. The second-order valence-corrected chi connectivity index (χ2v) is 2.75. The van der Waals surface area contributed by atoms with E-state index < -0.39 is 10.4 Å². The summed E-state index contributed by atoms with van der Waals surface area (Å²) < 4.78 is 35.5. The van der Waals surface area contributed by atoms with Gasteiger partial charge in [-0.15, -0.1) is 0 Å². The summed E-state index contributed by atoms with van der Waals surface area (Å²) in [5.74, 6) is 0. The van der Waals surface area contributed by atoms with E-state index >= 15 is 0 Å². The lowest BCUT2D eigenvalue weighted by Crippen LogP contribution is -2.03. The third-order valence-electron chi connectivity index (χ3n) is 0.436. The summed E-state index contributed by atoms with van der Waals surface area (Å²) in [4.78, 5) is 0. The highest BCUT2D eigenvalue weighted by atomic mass is 32.3. The highest BCUT2D eigenvalue weighted by Crippen LogP contribution is 1.86. The van der Waals surface area contributed by atoms with Gasteiger partial charge in [0.25, 0.3) is 0 Å². The third-order valence-corrected chi connectivity index (χ3v) is 0.901. The smallest absolute Gasteiger partial charge is 0.388 e. The fourth-order valence-electron chi connectivity index (χ4n) is 0.189. The molecular formula is C5H14O5S. The Bertz CT molecular complexity index is 150. The highest BCUT2D eigenvalue weighted by Gasteiger charge is 1.99. The summed E-state index contributed by atoms with van der Waals surface area (Å²) >= 11 is 0. The van der Waals surface area contributed by atoms with Crippen molar-refractivity contribution in [3.63, 3.8) is 0 Å². The normalized spacial score (nSPS) is 10.2. The van der Waals surface area contributed by atoms with Crippen LogP contribution < -0.4 is 0 Å². The first kappa shape index (κ1) is 13.4. The lowest BCUT2D eigenvalue weighted by molar-refractivity contribution is 0.269. The minimum atomic E-state index is -4.19. The van der Waals surface area contributed by atoms with Gasteiger partial charge in [-0.25, -0.2) is 4.18 Å². The van der Waals surface area contributed by atoms with Crippen LogP contribution in [0.5, 0.6) is 0 Å². The Kier molecular flexibility index (Phi) is 9.68. The third kappa shape index (κ3) is 25.8. The van der Waals surface area contributed by atoms with Gasteiger partial charge in [0, 0.05) is 14.2 Å². The Morgan fingerprint density at radius 2 is 1.73 bits per heavy atom. The fourth-order valence-corrected chi connectivity index (χ4v) is 0.566. The van der Waals surface area contributed by atoms with Gasteiger partial charge in [0.1, 0.15) is 0 Å². The van der Waals surface area contributed by atoms with Crippen LogP contribution in [0.1, 0.15) is 13.3 Å². The van der Waals surface area contributed by atoms with Gasteiger partial charge in [-0.1, -0.05) is 6.92 Å². The molecule has 0 unspecified atom stereocenters. The fraction of sp³-hybridized carbons (Fsp3) is 1.00. The lowest BCUT2D eigenvalue weighted by atomic mass is 10.5. The Morgan fingerprint density at radius 3 is 1.82 bits per heavy atom. The molecule has 0 aromatic rings. The number of hydrogen-bond acceptors (Lipinski definition) is 4. The summed E-state index contributed by atoms with van der Waals surface area (Å²) in [7, 11) is -0.936. The Morgan fingerprint density at radius 1 is 1.36 bits per heavy atom. The van der Waals surface area contributed by atoms with Crippen molar-refractivity contribution >= 4 is 10.4 Å². The van der Waals surface area contributed by atoms with Gasteiger partial charge in [-0.05, 0) is 6.42 Å². The van der Waals surface area contributed by atoms with E-state index in [1.54, 1.807) is 21.1 Å². The molecule has 0 bridgehead atoms. The molecular weight excluding hydrogens is 172 g/mol. The van der Waals surface area contributed by atoms with Crippen LogP contribution in [-0.4, -0.2) is 33.8 Å². The van der Waals surface area contributed by atoms with Gasteiger partial charge in [0.05, 0.1) is 6.61 Å². The lowest BCUT2D eigenvalue weighted by Gasteiger charge is -1.92. The largest absolute Gasteiger partial charge is 0.397 e. The van der Waals surface area contributed by atoms with E-state index in [0.29, 0.717) is 6.42 Å². The van der Waals surface area contributed by atoms with E-state index in [0.717, 1.165) is 0 Å². The molecule has 70 valence electrons. The summed E-state index contributed by atoms with van der Waals surface area (Å²) in [6.45, 7) is 1.78. The molecule has 5 nitrogen and oxygen atoms in total. The second kappa shape index (κ2) is 7.93. The predicted octanol–water partition coefficient (Wildman–Crippen LogP) is 0.478. The summed E-state index contributed by atoms with van der Waals surface area (Å²) in [6.07, 6.45) is 0.569. The zero-order chi connectivity index (χ0) is 9.33. The summed E-state index contributed by atoms with van der Waals surface area (Å²) in [6, 6.07) is 0. The van der Waals surface area contributed by atoms with Crippen molar-refractivity contribution in [2.45, 2.75) is 13.3 Å². The predicted molar refractivity (Wildman–Crippen MR) is 40.7 cm³/mol. The maximum absolute atomic E-state index is 9.72. The van der Waals surface area contributed by atoms with Gasteiger partial charge >= 0.3 is 10.4 Å². The van der Waals surface area contributed by atoms with Crippen molar-refractivity contribution in [3.8, 4) is 0 Å². The van der Waals surface area contributed by atoms with Crippen LogP contribution in [-0.2, 0) is 19.3 Å². The molecule has 1 N–H and O–H groups in total. The van der Waals surface area contributed by atoms with Crippen molar-refractivity contribution in [2.75, 3.05) is 20.8 Å². The Hall–Kier alpha value is -0.170. The van der Waals surface area contributed by atoms with Crippen molar-refractivity contribution in [3.05, 3.63) is 0 Å². The molecule has 0 aromatic heterocycles. The van der Waals surface area contributed by atoms with Gasteiger partial charge in [-0.3, -0.25) is 4.55 Å². The maximum Gasteiger partial charge on any atom is 0.397 e. The molecule has 0 amide bonds. The van der Waals surface area contributed by atoms with Crippen molar-refractivity contribution in [2.24, 2.45) is 0 Å². The molecule has 0 aliphatic rings. The molecule has 0 radical (unpaired) electrons. The molecule has 0 rings (SSSR count). The van der Waals surface area contributed by atoms with E-state index in [-0.39, 0.29) is 6.61 Å². The molecule has 0 atom stereocenters. The zero-order valence-corrected chi connectivity index (χ0v) is 7.72. The molecule has 6 heteroatoms. The van der Waals surface area contributed by atoms with Crippen LogP contribution in [0.2, 0.25) is 0 Å². The van der Waals surface area contributed by atoms with Crippen LogP contribution >= 0.6 is 0 Å².